The average molecular weight is 364 g/mol. The molecule has 0 N–H and O–H groups in total. The van der Waals surface area contributed by atoms with E-state index in [1.165, 1.54) is 12.1 Å². The number of carbonyl (C=O) groups is 2. The number of amides is 1. The molecule has 3 rings (SSSR count). The number of carboxylic acids is 1. The molecule has 1 heterocycles. The molecule has 0 aliphatic carbocycles. The van der Waals surface area contributed by atoms with E-state index in [-0.39, 0.29) is 28.9 Å². The number of rotatable bonds is 6. The molecule has 7 nitrogen and oxygen atoms in total. The van der Waals surface area contributed by atoms with Gasteiger partial charge in [-0.2, -0.15) is 5.10 Å². The van der Waals surface area contributed by atoms with Crippen molar-refractivity contribution in [2.75, 3.05) is 6.54 Å². The lowest BCUT2D eigenvalue weighted by Crippen LogP contribution is -2.38. The van der Waals surface area contributed by atoms with Crippen LogP contribution >= 0.6 is 0 Å². The molecule has 0 fully saturated rings. The number of aromatic nitrogens is 2. The molecule has 1 amide bonds. The Morgan fingerprint density at radius 3 is 2.30 bits per heavy atom. The van der Waals surface area contributed by atoms with Gasteiger partial charge in [-0.05, 0) is 18.6 Å². The van der Waals surface area contributed by atoms with Gasteiger partial charge in [0.1, 0.15) is 12.2 Å². The number of fused-ring (bicyclic) bond motifs is 1. The lowest BCUT2D eigenvalue weighted by atomic mass is 10.1. The van der Waals surface area contributed by atoms with Crippen LogP contribution in [0.2, 0.25) is 0 Å². The highest BCUT2D eigenvalue weighted by Gasteiger charge is 2.17. The third-order valence-electron chi connectivity index (χ3n) is 4.30. The molecular formula is C20H18N3O4-. The Balaban J connectivity index is 1.93. The van der Waals surface area contributed by atoms with E-state index in [1.54, 1.807) is 17.0 Å². The van der Waals surface area contributed by atoms with E-state index in [0.717, 1.165) is 10.2 Å². The molecule has 0 unspecified atom stereocenters. The fourth-order valence-electron chi connectivity index (χ4n) is 2.90. The lowest BCUT2D eigenvalue weighted by molar-refractivity contribution is -0.255. The van der Waals surface area contributed by atoms with Gasteiger partial charge in [-0.15, -0.1) is 0 Å². The van der Waals surface area contributed by atoms with Gasteiger partial charge in [-0.3, -0.25) is 9.59 Å². The summed E-state index contributed by atoms with van der Waals surface area (Å²) in [6, 6.07) is 15.7. The number of benzene rings is 2. The van der Waals surface area contributed by atoms with Gasteiger partial charge < -0.3 is 14.8 Å². The average Bonchev–Trinajstić information content (AvgIpc) is 2.68. The second-order valence-corrected chi connectivity index (χ2v) is 6.04. The largest absolute Gasteiger partial charge is 0.543 e. The maximum Gasteiger partial charge on any atom is 0.275 e. The number of hydrogen-bond donors (Lipinski definition) is 0. The van der Waals surface area contributed by atoms with E-state index in [2.05, 4.69) is 5.10 Å². The predicted octanol–water partition coefficient (Wildman–Crippen LogP) is 0.809. The first-order valence-corrected chi connectivity index (χ1v) is 8.54. The fraction of sp³-hybridized carbons (Fsp3) is 0.200. The maximum atomic E-state index is 12.7. The van der Waals surface area contributed by atoms with Crippen molar-refractivity contribution in [3.8, 4) is 0 Å². The van der Waals surface area contributed by atoms with Crippen molar-refractivity contribution in [3.05, 3.63) is 76.2 Å². The van der Waals surface area contributed by atoms with Crippen LogP contribution in [0.25, 0.3) is 10.8 Å². The van der Waals surface area contributed by atoms with Gasteiger partial charge in [0, 0.05) is 18.5 Å². The van der Waals surface area contributed by atoms with Crippen molar-refractivity contribution in [2.45, 2.75) is 20.0 Å². The van der Waals surface area contributed by atoms with Crippen LogP contribution in [0.5, 0.6) is 0 Å². The Hall–Kier alpha value is -3.48. The summed E-state index contributed by atoms with van der Waals surface area (Å²) in [4.78, 5) is 38.3. The monoisotopic (exact) mass is 364 g/mol. The molecule has 3 aromatic rings. The van der Waals surface area contributed by atoms with Crippen molar-refractivity contribution in [1.29, 1.82) is 0 Å². The minimum Gasteiger partial charge on any atom is -0.543 e. The molecule has 0 saturated carbocycles. The molecule has 0 aliphatic rings. The van der Waals surface area contributed by atoms with Crippen LogP contribution in [0.15, 0.2) is 59.4 Å². The molecule has 0 bridgehead atoms. The summed E-state index contributed by atoms with van der Waals surface area (Å²) in [6.07, 6.45) is 0. The highest BCUT2D eigenvalue weighted by molar-refractivity contribution is 6.00. The lowest BCUT2D eigenvalue weighted by Gasteiger charge is -2.21. The molecule has 0 atom stereocenters. The maximum absolute atomic E-state index is 12.7. The molecular weight excluding hydrogens is 346 g/mol. The first kappa shape index (κ1) is 18.3. The fourth-order valence-corrected chi connectivity index (χ4v) is 2.90. The molecule has 1 aromatic heterocycles. The molecule has 0 aliphatic heterocycles. The summed E-state index contributed by atoms with van der Waals surface area (Å²) < 4.78 is 0.892. The third-order valence-corrected chi connectivity index (χ3v) is 4.30. The summed E-state index contributed by atoms with van der Waals surface area (Å²) in [5, 5.41) is 15.7. The zero-order chi connectivity index (χ0) is 19.4. The van der Waals surface area contributed by atoms with Crippen LogP contribution in [0.1, 0.15) is 23.0 Å². The van der Waals surface area contributed by atoms with Crippen LogP contribution in [-0.2, 0) is 17.9 Å². The van der Waals surface area contributed by atoms with Crippen molar-refractivity contribution >= 4 is 22.6 Å². The Morgan fingerprint density at radius 1 is 1.04 bits per heavy atom. The van der Waals surface area contributed by atoms with Crippen molar-refractivity contribution in [3.63, 3.8) is 0 Å². The van der Waals surface area contributed by atoms with Crippen molar-refractivity contribution in [2.24, 2.45) is 0 Å². The van der Waals surface area contributed by atoms with Gasteiger partial charge in [0.15, 0.2) is 0 Å². The zero-order valence-electron chi connectivity index (χ0n) is 14.8. The molecule has 27 heavy (non-hydrogen) atoms. The Bertz CT molecular complexity index is 1040. The van der Waals surface area contributed by atoms with Crippen LogP contribution in [0, 0.1) is 0 Å². The van der Waals surface area contributed by atoms with Gasteiger partial charge in [0.2, 0.25) is 5.91 Å². The van der Waals surface area contributed by atoms with Gasteiger partial charge in [0.05, 0.1) is 11.4 Å². The number of carboxylic acid groups (broad SMARTS) is 1. The van der Waals surface area contributed by atoms with E-state index in [9.17, 15) is 19.5 Å². The number of nitrogens with zero attached hydrogens (tertiary/aromatic N) is 3. The first-order chi connectivity index (χ1) is 13.0. The van der Waals surface area contributed by atoms with E-state index in [0.29, 0.717) is 13.1 Å². The highest BCUT2D eigenvalue weighted by Crippen LogP contribution is 2.13. The van der Waals surface area contributed by atoms with Crippen molar-refractivity contribution in [1.82, 2.24) is 14.7 Å². The SMILES string of the molecule is CCN(Cc1ccccc1)C(=O)Cn1nc(C(=O)[O-])c2ccccc2c1=O. The smallest absolute Gasteiger partial charge is 0.275 e. The minimum atomic E-state index is -1.50. The second-order valence-electron chi connectivity index (χ2n) is 6.04. The van der Waals surface area contributed by atoms with Gasteiger partial charge in [-0.25, -0.2) is 4.68 Å². The normalized spacial score (nSPS) is 10.7. The standard InChI is InChI=1S/C20H19N3O4/c1-2-22(12-14-8-4-3-5-9-14)17(24)13-23-19(25)16-11-7-6-10-15(16)18(21-23)20(26)27/h3-11H,2,12-13H2,1H3,(H,26,27)/p-1. The molecule has 138 valence electrons. The van der Waals surface area contributed by atoms with Crippen LogP contribution in [0.3, 0.4) is 0 Å². The Kier molecular flexibility index (Phi) is 5.30. The Morgan fingerprint density at radius 2 is 1.67 bits per heavy atom. The van der Waals surface area contributed by atoms with Gasteiger partial charge in [0.25, 0.3) is 5.56 Å². The van der Waals surface area contributed by atoms with E-state index in [4.69, 9.17) is 0 Å². The quantitative estimate of drug-likeness (QED) is 0.645. The molecule has 0 radical (unpaired) electrons. The van der Waals surface area contributed by atoms with Crippen LogP contribution in [0.4, 0.5) is 0 Å². The van der Waals surface area contributed by atoms with Crippen LogP contribution in [-0.4, -0.2) is 33.1 Å². The first-order valence-electron chi connectivity index (χ1n) is 8.54. The van der Waals surface area contributed by atoms with E-state index >= 15 is 0 Å². The van der Waals surface area contributed by atoms with E-state index in [1.807, 2.05) is 37.3 Å². The summed E-state index contributed by atoms with van der Waals surface area (Å²) >= 11 is 0. The van der Waals surface area contributed by atoms with E-state index < -0.39 is 11.5 Å². The van der Waals surface area contributed by atoms with Crippen LogP contribution < -0.4 is 10.7 Å². The summed E-state index contributed by atoms with van der Waals surface area (Å²) in [6.45, 7) is 2.34. The zero-order valence-corrected chi connectivity index (χ0v) is 14.8. The minimum absolute atomic E-state index is 0.186. The van der Waals surface area contributed by atoms with Crippen molar-refractivity contribution < 1.29 is 14.7 Å². The summed E-state index contributed by atoms with van der Waals surface area (Å²) in [5.41, 5.74) is 0.0887. The molecule has 2 aromatic carbocycles. The summed E-state index contributed by atoms with van der Waals surface area (Å²) in [5.74, 6) is -1.82. The van der Waals surface area contributed by atoms with Gasteiger partial charge in [-0.1, -0.05) is 48.5 Å². The number of hydrogen-bond acceptors (Lipinski definition) is 5. The number of aromatic carboxylic acids is 1. The summed E-state index contributed by atoms with van der Waals surface area (Å²) in [7, 11) is 0. The van der Waals surface area contributed by atoms with Gasteiger partial charge >= 0.3 is 0 Å². The molecule has 0 spiro atoms. The topological polar surface area (TPSA) is 95.3 Å². The molecule has 7 heteroatoms. The number of carbonyl (C=O) groups excluding carboxylic acids is 2. The highest BCUT2D eigenvalue weighted by atomic mass is 16.4. The molecule has 0 saturated heterocycles. The number of likely N-dealkylation sites (N-methyl/N-ethyl adjacent to an activating group) is 1. The second kappa shape index (κ2) is 7.82. The Labute approximate surface area is 155 Å². The predicted molar refractivity (Wildman–Crippen MR) is 97.9 cm³/mol. The third kappa shape index (κ3) is 3.87.